The van der Waals surface area contributed by atoms with Crippen LogP contribution < -0.4 is 19.7 Å². The highest BCUT2D eigenvalue weighted by atomic mass is 16.5. The summed E-state index contributed by atoms with van der Waals surface area (Å²) in [5.74, 6) is 1.37. The van der Waals surface area contributed by atoms with Gasteiger partial charge in [0.05, 0.1) is 19.9 Å². The molecule has 0 aliphatic rings. The molecule has 0 saturated heterocycles. The third-order valence-corrected chi connectivity index (χ3v) is 2.86. The second-order valence-electron chi connectivity index (χ2n) is 4.24. The molecule has 0 unspecified atom stereocenters. The molecule has 0 fully saturated rings. The van der Waals surface area contributed by atoms with Gasteiger partial charge in [0.2, 0.25) is 5.88 Å². The molecule has 0 aliphatic carbocycles. The number of hydrogen-bond donors (Lipinski definition) is 2. The zero-order valence-electron chi connectivity index (χ0n) is 11.8. The fourth-order valence-corrected chi connectivity index (χ4v) is 1.79. The molecule has 7 heteroatoms. The van der Waals surface area contributed by atoms with Crippen molar-refractivity contribution in [2.75, 3.05) is 14.2 Å². The second-order valence-corrected chi connectivity index (χ2v) is 4.24. The number of nitrogens with zero attached hydrogens (tertiary/aromatic N) is 1. The summed E-state index contributed by atoms with van der Waals surface area (Å²) < 4.78 is 15.7. The van der Waals surface area contributed by atoms with Crippen molar-refractivity contribution in [3.63, 3.8) is 0 Å². The molecule has 0 atom stereocenters. The Morgan fingerprint density at radius 3 is 2.57 bits per heavy atom. The number of ether oxygens (including phenoxy) is 3. The molecular weight excluding hydrogens is 273 g/mol. The molecular formula is C14H16BNO5. The highest BCUT2D eigenvalue weighted by molar-refractivity contribution is 6.59. The van der Waals surface area contributed by atoms with Gasteiger partial charge in [-0.15, -0.1) is 0 Å². The molecule has 1 aromatic heterocycles. The minimum absolute atomic E-state index is 0.184. The molecule has 0 saturated carbocycles. The van der Waals surface area contributed by atoms with Crippen molar-refractivity contribution < 1.29 is 24.3 Å². The number of benzene rings is 1. The smallest absolute Gasteiger partial charge is 0.492 e. The molecule has 2 rings (SSSR count). The fraction of sp³-hybridized carbons (Fsp3) is 0.214. The molecule has 0 aliphatic heterocycles. The van der Waals surface area contributed by atoms with Crippen LogP contribution in [0.5, 0.6) is 17.4 Å². The average molecular weight is 289 g/mol. The highest BCUT2D eigenvalue weighted by Gasteiger charge is 2.18. The first-order chi connectivity index (χ1) is 10.1. The predicted molar refractivity (Wildman–Crippen MR) is 77.9 cm³/mol. The monoisotopic (exact) mass is 289 g/mol. The van der Waals surface area contributed by atoms with Crippen molar-refractivity contribution in [1.29, 1.82) is 0 Å². The van der Waals surface area contributed by atoms with Crippen molar-refractivity contribution in [2.45, 2.75) is 6.61 Å². The molecule has 2 N–H and O–H groups in total. The zero-order valence-corrected chi connectivity index (χ0v) is 11.8. The van der Waals surface area contributed by atoms with Gasteiger partial charge in [0.1, 0.15) is 18.1 Å². The maximum absolute atomic E-state index is 9.39. The summed E-state index contributed by atoms with van der Waals surface area (Å²) in [7, 11) is 1.40. The van der Waals surface area contributed by atoms with E-state index in [-0.39, 0.29) is 12.1 Å². The van der Waals surface area contributed by atoms with E-state index in [1.54, 1.807) is 30.3 Å². The Labute approximate surface area is 123 Å². The lowest BCUT2D eigenvalue weighted by Gasteiger charge is -2.12. The largest absolute Gasteiger partial charge is 0.497 e. The molecule has 0 bridgehead atoms. The molecule has 0 spiro atoms. The van der Waals surface area contributed by atoms with Gasteiger partial charge in [-0.1, -0.05) is 6.07 Å². The van der Waals surface area contributed by atoms with Gasteiger partial charge in [-0.2, -0.15) is 0 Å². The van der Waals surface area contributed by atoms with E-state index in [4.69, 9.17) is 14.2 Å². The lowest BCUT2D eigenvalue weighted by molar-refractivity contribution is 0.298. The maximum Gasteiger partial charge on any atom is 0.492 e. The van der Waals surface area contributed by atoms with Gasteiger partial charge in [-0.05, 0) is 24.3 Å². The fourth-order valence-electron chi connectivity index (χ4n) is 1.79. The topological polar surface area (TPSA) is 81.0 Å². The first-order valence-corrected chi connectivity index (χ1v) is 6.31. The first-order valence-electron chi connectivity index (χ1n) is 6.31. The number of methoxy groups -OCH3 is 2. The molecule has 1 heterocycles. The van der Waals surface area contributed by atoms with E-state index in [2.05, 4.69) is 4.98 Å². The standard InChI is InChI=1S/C14H16BNO5/c1-19-11-6-7-13(12(8-11)15(17)18)21-9-10-4-3-5-14(16-10)20-2/h3-8,17-18H,9H2,1-2H3. The van der Waals surface area contributed by atoms with E-state index in [1.165, 1.54) is 20.3 Å². The third kappa shape index (κ3) is 3.87. The molecule has 1 aromatic carbocycles. The number of aromatic nitrogens is 1. The minimum Gasteiger partial charge on any atom is -0.497 e. The SMILES string of the molecule is COc1ccc(OCc2cccc(OC)n2)c(B(O)O)c1. The van der Waals surface area contributed by atoms with E-state index in [0.29, 0.717) is 23.1 Å². The molecule has 21 heavy (non-hydrogen) atoms. The predicted octanol–water partition coefficient (Wildman–Crippen LogP) is 0.358. The Kier molecular flexibility index (Phi) is 5.02. The number of rotatable bonds is 6. The van der Waals surface area contributed by atoms with Crippen molar-refractivity contribution in [2.24, 2.45) is 0 Å². The quantitative estimate of drug-likeness (QED) is 0.747. The molecule has 6 nitrogen and oxygen atoms in total. The highest BCUT2D eigenvalue weighted by Crippen LogP contribution is 2.17. The van der Waals surface area contributed by atoms with Crippen LogP contribution in [-0.2, 0) is 6.61 Å². The van der Waals surface area contributed by atoms with Crippen molar-refractivity contribution in [3.8, 4) is 17.4 Å². The van der Waals surface area contributed by atoms with E-state index in [1.807, 2.05) is 0 Å². The summed E-state index contributed by atoms with van der Waals surface area (Å²) >= 11 is 0. The summed E-state index contributed by atoms with van der Waals surface area (Å²) in [5.41, 5.74) is 0.904. The van der Waals surface area contributed by atoms with Crippen LogP contribution in [0.1, 0.15) is 5.69 Å². The van der Waals surface area contributed by atoms with E-state index in [0.717, 1.165) is 0 Å². The summed E-state index contributed by atoms with van der Waals surface area (Å²) in [6, 6.07) is 10.1. The van der Waals surface area contributed by atoms with Crippen LogP contribution in [0.25, 0.3) is 0 Å². The van der Waals surface area contributed by atoms with Gasteiger partial charge < -0.3 is 24.3 Å². The molecule has 0 radical (unpaired) electrons. The summed E-state index contributed by atoms with van der Waals surface area (Å²) in [4.78, 5) is 4.22. The van der Waals surface area contributed by atoms with Gasteiger partial charge in [-0.3, -0.25) is 0 Å². The van der Waals surface area contributed by atoms with E-state index in [9.17, 15) is 10.0 Å². The van der Waals surface area contributed by atoms with Crippen molar-refractivity contribution in [1.82, 2.24) is 4.98 Å². The second kappa shape index (κ2) is 6.96. The van der Waals surface area contributed by atoms with E-state index >= 15 is 0 Å². The lowest BCUT2D eigenvalue weighted by Crippen LogP contribution is -2.31. The Bertz CT molecular complexity index is 606. The maximum atomic E-state index is 9.39. The third-order valence-electron chi connectivity index (χ3n) is 2.86. The molecule has 2 aromatic rings. The van der Waals surface area contributed by atoms with Crippen molar-refractivity contribution in [3.05, 3.63) is 42.1 Å². The normalized spacial score (nSPS) is 10.1. The Morgan fingerprint density at radius 1 is 1.10 bits per heavy atom. The summed E-state index contributed by atoms with van der Waals surface area (Å²) in [6.45, 7) is 0.184. The van der Waals surface area contributed by atoms with Crippen LogP contribution >= 0.6 is 0 Å². The van der Waals surface area contributed by atoms with Crippen LogP contribution in [0.2, 0.25) is 0 Å². The van der Waals surface area contributed by atoms with Crippen LogP contribution in [-0.4, -0.2) is 36.4 Å². The average Bonchev–Trinajstić information content (AvgIpc) is 2.52. The van der Waals surface area contributed by atoms with Gasteiger partial charge in [-0.25, -0.2) is 4.98 Å². The lowest BCUT2D eigenvalue weighted by atomic mass is 9.79. The van der Waals surface area contributed by atoms with Gasteiger partial charge in [0, 0.05) is 11.5 Å². The van der Waals surface area contributed by atoms with Gasteiger partial charge >= 0.3 is 7.12 Å². The number of hydrogen-bond acceptors (Lipinski definition) is 6. The molecule has 0 amide bonds. The van der Waals surface area contributed by atoms with Crippen LogP contribution in [0, 0.1) is 0 Å². The van der Waals surface area contributed by atoms with E-state index < -0.39 is 7.12 Å². The number of pyridine rings is 1. The molecule has 110 valence electrons. The Hall–Kier alpha value is -2.25. The first kappa shape index (κ1) is 15.1. The van der Waals surface area contributed by atoms with Crippen LogP contribution in [0.4, 0.5) is 0 Å². The summed E-state index contributed by atoms with van der Waals surface area (Å²) in [5, 5.41) is 18.8. The van der Waals surface area contributed by atoms with Crippen LogP contribution in [0.15, 0.2) is 36.4 Å². The zero-order chi connectivity index (χ0) is 15.2. The minimum atomic E-state index is -1.65. The van der Waals surface area contributed by atoms with Gasteiger partial charge in [0.15, 0.2) is 0 Å². The Morgan fingerprint density at radius 2 is 1.90 bits per heavy atom. The van der Waals surface area contributed by atoms with Crippen LogP contribution in [0.3, 0.4) is 0 Å². The Balaban J connectivity index is 2.15. The summed E-state index contributed by atoms with van der Waals surface area (Å²) in [6.07, 6.45) is 0. The van der Waals surface area contributed by atoms with Gasteiger partial charge in [0.25, 0.3) is 0 Å². The van der Waals surface area contributed by atoms with Crippen molar-refractivity contribution >= 4 is 12.6 Å².